The zero-order valence-corrected chi connectivity index (χ0v) is 19.0. The highest BCUT2D eigenvalue weighted by Gasteiger charge is 2.17. The van der Waals surface area contributed by atoms with E-state index >= 15 is 0 Å². The van der Waals surface area contributed by atoms with Gasteiger partial charge in [0.2, 0.25) is 15.9 Å². The van der Waals surface area contributed by atoms with E-state index in [0.29, 0.717) is 36.4 Å². The minimum absolute atomic E-state index is 0.0191. The molecule has 8 heteroatoms. The monoisotopic (exact) mass is 466 g/mol. The van der Waals surface area contributed by atoms with Crippen molar-refractivity contribution in [2.45, 2.75) is 24.2 Å². The normalized spacial score (nSPS) is 12.1. The molecule has 1 atom stereocenters. The standard InChI is InChI=1S/C25H26N2O5S/c1-18(20-9-5-10-21(17-20)24(28)19-7-3-2-4-8-19)25(29)27-15-6-16-32-22-11-13-23(14-12-22)33(26,30)31/h2-5,7-14,17-18H,6,15-16H2,1H3,(H,27,29)(H2,26,30,31). The summed E-state index contributed by atoms with van der Waals surface area (Å²) in [5.74, 6) is -0.127. The Morgan fingerprint density at radius 1 is 0.939 bits per heavy atom. The first-order valence-electron chi connectivity index (χ1n) is 10.5. The average Bonchev–Trinajstić information content (AvgIpc) is 2.83. The molecule has 33 heavy (non-hydrogen) atoms. The minimum atomic E-state index is -3.73. The lowest BCUT2D eigenvalue weighted by atomic mass is 9.95. The van der Waals surface area contributed by atoms with Crippen molar-refractivity contribution in [1.29, 1.82) is 0 Å². The van der Waals surface area contributed by atoms with Crippen molar-refractivity contribution >= 4 is 21.7 Å². The van der Waals surface area contributed by atoms with Crippen LogP contribution in [-0.2, 0) is 14.8 Å². The maximum atomic E-state index is 12.7. The highest BCUT2D eigenvalue weighted by molar-refractivity contribution is 7.89. The summed E-state index contributed by atoms with van der Waals surface area (Å²) >= 11 is 0. The van der Waals surface area contributed by atoms with E-state index in [2.05, 4.69) is 5.32 Å². The van der Waals surface area contributed by atoms with Crippen LogP contribution in [0.5, 0.6) is 5.75 Å². The summed E-state index contributed by atoms with van der Waals surface area (Å²) in [7, 11) is -3.73. The number of nitrogens with one attached hydrogen (secondary N) is 1. The molecule has 1 amide bonds. The summed E-state index contributed by atoms with van der Waals surface area (Å²) in [5, 5.41) is 7.94. The number of carbonyl (C=O) groups is 2. The first kappa shape index (κ1) is 24.2. The van der Waals surface area contributed by atoms with Crippen LogP contribution in [-0.4, -0.2) is 33.3 Å². The molecule has 7 nitrogen and oxygen atoms in total. The van der Waals surface area contributed by atoms with E-state index in [1.54, 1.807) is 37.3 Å². The Balaban J connectivity index is 1.47. The van der Waals surface area contributed by atoms with Gasteiger partial charge in [0.05, 0.1) is 17.4 Å². The number of hydrogen-bond acceptors (Lipinski definition) is 5. The Morgan fingerprint density at radius 3 is 2.27 bits per heavy atom. The minimum Gasteiger partial charge on any atom is -0.494 e. The van der Waals surface area contributed by atoms with E-state index in [9.17, 15) is 18.0 Å². The number of nitrogens with two attached hydrogens (primary N) is 1. The second kappa shape index (κ2) is 10.9. The summed E-state index contributed by atoms with van der Waals surface area (Å²) < 4.78 is 28.1. The van der Waals surface area contributed by atoms with Crippen LogP contribution in [0.2, 0.25) is 0 Å². The van der Waals surface area contributed by atoms with Crippen LogP contribution in [0.3, 0.4) is 0 Å². The third-order valence-corrected chi connectivity index (χ3v) is 6.05. The van der Waals surface area contributed by atoms with Gasteiger partial charge in [-0.2, -0.15) is 0 Å². The molecule has 0 aliphatic heterocycles. The first-order chi connectivity index (χ1) is 15.8. The molecule has 3 aromatic carbocycles. The SMILES string of the molecule is CC(C(=O)NCCCOc1ccc(S(N)(=O)=O)cc1)c1cccc(C(=O)c2ccccc2)c1. The average molecular weight is 467 g/mol. The molecule has 1 unspecified atom stereocenters. The maximum absolute atomic E-state index is 12.7. The van der Waals surface area contributed by atoms with Gasteiger partial charge in [-0.05, 0) is 49.2 Å². The fourth-order valence-electron chi connectivity index (χ4n) is 3.21. The van der Waals surface area contributed by atoms with Crippen LogP contribution in [0.1, 0.15) is 40.7 Å². The van der Waals surface area contributed by atoms with Crippen molar-refractivity contribution in [2.75, 3.05) is 13.2 Å². The predicted molar refractivity (Wildman–Crippen MR) is 126 cm³/mol. The highest BCUT2D eigenvalue weighted by atomic mass is 32.2. The molecule has 3 N–H and O–H groups in total. The molecule has 0 radical (unpaired) electrons. The van der Waals surface area contributed by atoms with Crippen LogP contribution in [0.25, 0.3) is 0 Å². The van der Waals surface area contributed by atoms with Gasteiger partial charge in [0.1, 0.15) is 5.75 Å². The van der Waals surface area contributed by atoms with Crippen molar-refractivity contribution in [3.8, 4) is 5.75 Å². The van der Waals surface area contributed by atoms with Crippen molar-refractivity contribution in [1.82, 2.24) is 5.32 Å². The zero-order valence-electron chi connectivity index (χ0n) is 18.2. The molecule has 0 heterocycles. The number of sulfonamides is 1. The number of amides is 1. The topological polar surface area (TPSA) is 116 Å². The predicted octanol–water partition coefficient (Wildman–Crippen LogP) is 3.25. The van der Waals surface area contributed by atoms with Crippen LogP contribution < -0.4 is 15.2 Å². The molecule has 0 saturated carbocycles. The fraction of sp³-hybridized carbons (Fsp3) is 0.200. The number of rotatable bonds is 10. The Kier molecular flexibility index (Phi) is 7.97. The Morgan fingerprint density at radius 2 is 1.61 bits per heavy atom. The fourth-order valence-corrected chi connectivity index (χ4v) is 3.72. The van der Waals surface area contributed by atoms with Crippen LogP contribution in [0.4, 0.5) is 0 Å². The lowest BCUT2D eigenvalue weighted by Crippen LogP contribution is -2.29. The van der Waals surface area contributed by atoms with Gasteiger partial charge in [-0.3, -0.25) is 9.59 Å². The molecule has 0 spiro atoms. The number of ether oxygens (including phenoxy) is 1. The lowest BCUT2D eigenvalue weighted by molar-refractivity contribution is -0.122. The molecule has 3 rings (SSSR count). The van der Waals surface area contributed by atoms with Crippen LogP contribution >= 0.6 is 0 Å². The largest absolute Gasteiger partial charge is 0.494 e. The molecule has 0 aromatic heterocycles. The molecule has 0 aliphatic rings. The van der Waals surface area contributed by atoms with Gasteiger partial charge in [0.15, 0.2) is 5.78 Å². The molecule has 172 valence electrons. The van der Waals surface area contributed by atoms with Crippen LogP contribution in [0, 0.1) is 0 Å². The molecule has 0 saturated heterocycles. The second-order valence-corrected chi connectivity index (χ2v) is 9.11. The highest BCUT2D eigenvalue weighted by Crippen LogP contribution is 2.19. The van der Waals surface area contributed by atoms with E-state index in [0.717, 1.165) is 5.56 Å². The van der Waals surface area contributed by atoms with Gasteiger partial charge in [-0.1, -0.05) is 48.5 Å². The quantitative estimate of drug-likeness (QED) is 0.352. The van der Waals surface area contributed by atoms with Gasteiger partial charge in [-0.25, -0.2) is 13.6 Å². The van der Waals surface area contributed by atoms with Crippen molar-refractivity contribution < 1.29 is 22.7 Å². The smallest absolute Gasteiger partial charge is 0.238 e. The maximum Gasteiger partial charge on any atom is 0.238 e. The molecule has 0 fully saturated rings. The number of benzene rings is 3. The third kappa shape index (κ3) is 6.74. The van der Waals surface area contributed by atoms with E-state index in [1.165, 1.54) is 24.3 Å². The third-order valence-electron chi connectivity index (χ3n) is 5.12. The number of primary sulfonamides is 1. The number of hydrogen-bond donors (Lipinski definition) is 2. The van der Waals surface area contributed by atoms with E-state index in [1.807, 2.05) is 24.3 Å². The zero-order chi connectivity index (χ0) is 23.8. The Hall–Kier alpha value is -3.49. The molecule has 3 aromatic rings. The lowest BCUT2D eigenvalue weighted by Gasteiger charge is -2.14. The van der Waals surface area contributed by atoms with Crippen molar-refractivity contribution in [3.05, 3.63) is 95.6 Å². The number of ketones is 1. The van der Waals surface area contributed by atoms with Crippen LogP contribution in [0.15, 0.2) is 83.8 Å². The Labute approximate surface area is 193 Å². The molecule has 0 bridgehead atoms. The summed E-state index contributed by atoms with van der Waals surface area (Å²) in [5.41, 5.74) is 1.91. The Bertz CT molecular complexity index is 1210. The van der Waals surface area contributed by atoms with Crippen molar-refractivity contribution in [3.63, 3.8) is 0 Å². The first-order valence-corrected chi connectivity index (χ1v) is 12.0. The summed E-state index contributed by atoms with van der Waals surface area (Å²) in [6.07, 6.45) is 0.571. The second-order valence-electron chi connectivity index (χ2n) is 7.55. The summed E-state index contributed by atoms with van der Waals surface area (Å²) in [4.78, 5) is 25.2. The van der Waals surface area contributed by atoms with Gasteiger partial charge in [-0.15, -0.1) is 0 Å². The molecular formula is C25H26N2O5S. The molecular weight excluding hydrogens is 440 g/mol. The van der Waals surface area contributed by atoms with E-state index in [-0.39, 0.29) is 16.6 Å². The molecule has 0 aliphatic carbocycles. The van der Waals surface area contributed by atoms with Gasteiger partial charge >= 0.3 is 0 Å². The summed E-state index contributed by atoms with van der Waals surface area (Å²) in [6, 6.07) is 22.0. The van der Waals surface area contributed by atoms with Gasteiger partial charge < -0.3 is 10.1 Å². The van der Waals surface area contributed by atoms with E-state index < -0.39 is 15.9 Å². The summed E-state index contributed by atoms with van der Waals surface area (Å²) in [6.45, 7) is 2.57. The van der Waals surface area contributed by atoms with E-state index in [4.69, 9.17) is 9.88 Å². The van der Waals surface area contributed by atoms with Gasteiger partial charge in [0, 0.05) is 17.7 Å². The number of carbonyl (C=O) groups excluding carboxylic acids is 2. The van der Waals surface area contributed by atoms with Crippen molar-refractivity contribution in [2.24, 2.45) is 5.14 Å². The van der Waals surface area contributed by atoms with Gasteiger partial charge in [0.25, 0.3) is 0 Å².